The molecule has 0 saturated heterocycles. The number of hydrogen-bond acceptors (Lipinski definition) is 6. The summed E-state index contributed by atoms with van der Waals surface area (Å²) in [5.74, 6) is -0.250. The number of nitrogens with zero attached hydrogens (tertiary/aromatic N) is 2. The molecule has 0 aliphatic carbocycles. The number of carbonyl (C=O) groups is 1. The number of carbonyl (C=O) groups excluding carboxylic acids is 1. The van der Waals surface area contributed by atoms with Gasteiger partial charge in [0.1, 0.15) is 10.6 Å². The number of benzene rings is 1. The maximum atomic E-state index is 13.0. The van der Waals surface area contributed by atoms with E-state index >= 15 is 0 Å². The molecule has 0 bridgehead atoms. The number of methoxy groups -OCH3 is 1. The third kappa shape index (κ3) is 4.74. The lowest BCUT2D eigenvalue weighted by Gasteiger charge is -2.21. The van der Waals surface area contributed by atoms with Crippen molar-refractivity contribution in [2.45, 2.75) is 32.6 Å². The summed E-state index contributed by atoms with van der Waals surface area (Å²) >= 11 is 0. The summed E-state index contributed by atoms with van der Waals surface area (Å²) in [5.41, 5.74) is 2.88. The lowest BCUT2D eigenvalue weighted by atomic mass is 10.1. The minimum Gasteiger partial charge on any atom is -0.383 e. The van der Waals surface area contributed by atoms with Crippen LogP contribution >= 0.6 is 0 Å². The Bertz CT molecular complexity index is 902. The Balaban J connectivity index is 2.26. The highest BCUT2D eigenvalue weighted by Gasteiger charge is 2.32. The Labute approximate surface area is 159 Å². The SMILES string of the molecule is COCCN(CC(=O)Nc1cccc(C)c1C)S(=O)(=O)c1c(C)noc1C. The lowest BCUT2D eigenvalue weighted by molar-refractivity contribution is -0.116. The molecule has 8 nitrogen and oxygen atoms in total. The number of aryl methyl sites for hydroxylation is 3. The second-order valence-corrected chi connectivity index (χ2v) is 8.16. The molecule has 27 heavy (non-hydrogen) atoms. The first-order valence-electron chi connectivity index (χ1n) is 8.46. The van der Waals surface area contributed by atoms with Gasteiger partial charge in [-0.25, -0.2) is 8.42 Å². The lowest BCUT2D eigenvalue weighted by Crippen LogP contribution is -2.40. The van der Waals surface area contributed by atoms with E-state index in [1.54, 1.807) is 13.0 Å². The molecule has 1 heterocycles. The average molecular weight is 395 g/mol. The van der Waals surface area contributed by atoms with E-state index in [4.69, 9.17) is 9.26 Å². The highest BCUT2D eigenvalue weighted by atomic mass is 32.2. The number of hydrogen-bond donors (Lipinski definition) is 1. The van der Waals surface area contributed by atoms with Gasteiger partial charge in [-0.2, -0.15) is 4.31 Å². The fourth-order valence-electron chi connectivity index (χ4n) is 2.69. The van der Waals surface area contributed by atoms with Gasteiger partial charge in [0.25, 0.3) is 0 Å². The molecule has 1 amide bonds. The van der Waals surface area contributed by atoms with Crippen LogP contribution in [0.4, 0.5) is 5.69 Å². The fraction of sp³-hybridized carbons (Fsp3) is 0.444. The Morgan fingerprint density at radius 1 is 1.26 bits per heavy atom. The number of sulfonamides is 1. The van der Waals surface area contributed by atoms with Gasteiger partial charge in [-0.05, 0) is 44.9 Å². The van der Waals surface area contributed by atoms with Gasteiger partial charge in [0, 0.05) is 19.3 Å². The summed E-state index contributed by atoms with van der Waals surface area (Å²) in [7, 11) is -2.49. The Hall–Kier alpha value is -2.23. The maximum absolute atomic E-state index is 13.0. The molecule has 148 valence electrons. The van der Waals surface area contributed by atoms with Gasteiger partial charge in [-0.15, -0.1) is 0 Å². The zero-order valence-electron chi connectivity index (χ0n) is 16.2. The van der Waals surface area contributed by atoms with Gasteiger partial charge >= 0.3 is 0 Å². The first-order chi connectivity index (χ1) is 12.7. The van der Waals surface area contributed by atoms with E-state index in [-0.39, 0.29) is 36.0 Å². The van der Waals surface area contributed by atoms with Crippen molar-refractivity contribution >= 4 is 21.6 Å². The summed E-state index contributed by atoms with van der Waals surface area (Å²) in [6, 6.07) is 5.56. The number of amides is 1. The smallest absolute Gasteiger partial charge is 0.249 e. The summed E-state index contributed by atoms with van der Waals surface area (Å²) in [6.07, 6.45) is 0. The number of rotatable bonds is 8. The van der Waals surface area contributed by atoms with Crippen molar-refractivity contribution in [1.82, 2.24) is 9.46 Å². The standard InChI is InChI=1S/C18H25N3O5S/c1-12-7-6-8-16(13(12)2)19-17(22)11-21(9-10-25-5)27(23,24)18-14(3)20-26-15(18)4/h6-8H,9-11H2,1-5H3,(H,19,22). The van der Waals surface area contributed by atoms with Crippen molar-refractivity contribution in [3.05, 3.63) is 40.8 Å². The molecule has 0 fully saturated rings. The molecule has 0 spiro atoms. The van der Waals surface area contributed by atoms with Crippen LogP contribution in [0.3, 0.4) is 0 Å². The van der Waals surface area contributed by atoms with Crippen LogP contribution in [0, 0.1) is 27.7 Å². The van der Waals surface area contributed by atoms with E-state index in [1.165, 1.54) is 14.0 Å². The van der Waals surface area contributed by atoms with Crippen LogP contribution in [0.25, 0.3) is 0 Å². The zero-order valence-corrected chi connectivity index (χ0v) is 17.0. The van der Waals surface area contributed by atoms with Crippen LogP contribution < -0.4 is 5.32 Å². The summed E-state index contributed by atoms with van der Waals surface area (Å²) < 4.78 is 37.1. The molecule has 0 aliphatic heterocycles. The Morgan fingerprint density at radius 2 is 1.96 bits per heavy atom. The van der Waals surface area contributed by atoms with E-state index in [2.05, 4.69) is 10.5 Å². The molecule has 2 aromatic rings. The van der Waals surface area contributed by atoms with Crippen molar-refractivity contribution in [2.75, 3.05) is 32.1 Å². The summed E-state index contributed by atoms with van der Waals surface area (Å²) in [6.45, 7) is 6.75. The quantitative estimate of drug-likeness (QED) is 0.735. The van der Waals surface area contributed by atoms with Crippen LogP contribution in [0.5, 0.6) is 0 Å². The zero-order chi connectivity index (χ0) is 20.2. The monoisotopic (exact) mass is 395 g/mol. The Morgan fingerprint density at radius 3 is 2.56 bits per heavy atom. The van der Waals surface area contributed by atoms with Crippen LogP contribution in [0.2, 0.25) is 0 Å². The second-order valence-electron chi connectivity index (χ2n) is 6.28. The molecule has 1 N–H and O–H groups in total. The molecule has 0 aliphatic rings. The van der Waals surface area contributed by atoms with Crippen LogP contribution in [-0.4, -0.2) is 50.6 Å². The first kappa shape index (κ1) is 21.1. The molecule has 0 unspecified atom stereocenters. The third-order valence-electron chi connectivity index (χ3n) is 4.31. The van der Waals surface area contributed by atoms with Gasteiger partial charge < -0.3 is 14.6 Å². The van der Waals surface area contributed by atoms with Gasteiger partial charge in [0.05, 0.1) is 13.2 Å². The van der Waals surface area contributed by atoms with E-state index < -0.39 is 15.9 Å². The van der Waals surface area contributed by atoms with Gasteiger partial charge in [-0.1, -0.05) is 17.3 Å². The van der Waals surface area contributed by atoms with E-state index in [0.717, 1.165) is 15.4 Å². The molecule has 1 aromatic carbocycles. The predicted octanol–water partition coefficient (Wildman–Crippen LogP) is 2.18. The summed E-state index contributed by atoms with van der Waals surface area (Å²) in [5, 5.41) is 6.48. The minimum atomic E-state index is -3.96. The molecule has 0 atom stereocenters. The summed E-state index contributed by atoms with van der Waals surface area (Å²) in [4.78, 5) is 12.5. The molecule has 1 aromatic heterocycles. The highest BCUT2D eigenvalue weighted by Crippen LogP contribution is 2.23. The third-order valence-corrected chi connectivity index (χ3v) is 6.40. The molecule has 0 radical (unpaired) electrons. The molecular formula is C18H25N3O5S. The van der Waals surface area contributed by atoms with E-state index in [0.29, 0.717) is 5.69 Å². The van der Waals surface area contributed by atoms with Crippen molar-refractivity contribution in [3.63, 3.8) is 0 Å². The molecule has 2 rings (SSSR count). The minimum absolute atomic E-state index is 0.0156. The normalized spacial score (nSPS) is 11.8. The van der Waals surface area contributed by atoms with Crippen LogP contribution in [0.15, 0.2) is 27.6 Å². The second kappa shape index (κ2) is 8.64. The largest absolute Gasteiger partial charge is 0.383 e. The van der Waals surface area contributed by atoms with Crippen molar-refractivity contribution in [3.8, 4) is 0 Å². The first-order valence-corrected chi connectivity index (χ1v) is 9.90. The molecule has 9 heteroatoms. The Kier molecular flexibility index (Phi) is 6.74. The van der Waals surface area contributed by atoms with Crippen molar-refractivity contribution in [1.29, 1.82) is 0 Å². The van der Waals surface area contributed by atoms with Gasteiger partial charge in [0.2, 0.25) is 15.9 Å². The fourth-order valence-corrected chi connectivity index (χ4v) is 4.36. The van der Waals surface area contributed by atoms with Crippen molar-refractivity contribution in [2.24, 2.45) is 0 Å². The van der Waals surface area contributed by atoms with Crippen LogP contribution in [0.1, 0.15) is 22.6 Å². The number of ether oxygens (including phenoxy) is 1. The topological polar surface area (TPSA) is 102 Å². The maximum Gasteiger partial charge on any atom is 0.249 e. The predicted molar refractivity (Wildman–Crippen MR) is 101 cm³/mol. The van der Waals surface area contributed by atoms with Crippen LogP contribution in [-0.2, 0) is 19.6 Å². The van der Waals surface area contributed by atoms with Crippen molar-refractivity contribution < 1.29 is 22.5 Å². The van der Waals surface area contributed by atoms with Gasteiger partial charge in [0.15, 0.2) is 5.76 Å². The van der Waals surface area contributed by atoms with Gasteiger partial charge in [-0.3, -0.25) is 4.79 Å². The number of anilines is 1. The molecular weight excluding hydrogens is 370 g/mol. The van der Waals surface area contributed by atoms with E-state index in [1.807, 2.05) is 26.0 Å². The average Bonchev–Trinajstić information content (AvgIpc) is 2.94. The molecule has 0 saturated carbocycles. The van der Waals surface area contributed by atoms with E-state index in [9.17, 15) is 13.2 Å². The number of nitrogens with one attached hydrogen (secondary N) is 1. The number of aromatic nitrogens is 1. The highest BCUT2D eigenvalue weighted by molar-refractivity contribution is 7.89.